The van der Waals surface area contributed by atoms with Gasteiger partial charge in [-0.1, -0.05) is 17.7 Å². The molecule has 0 fully saturated rings. The molecule has 2 rings (SSSR count). The van der Waals surface area contributed by atoms with Gasteiger partial charge in [0.1, 0.15) is 17.7 Å². The van der Waals surface area contributed by atoms with Crippen LogP contribution in [0.15, 0.2) is 30.0 Å². The molecule has 0 bridgehead atoms. The van der Waals surface area contributed by atoms with E-state index >= 15 is 0 Å². The van der Waals surface area contributed by atoms with Gasteiger partial charge in [-0.2, -0.15) is 0 Å². The third-order valence-corrected chi connectivity index (χ3v) is 4.38. The predicted molar refractivity (Wildman–Crippen MR) is 78.4 cm³/mol. The maximum absolute atomic E-state index is 10.8. The third-order valence-electron chi connectivity index (χ3n) is 3.29. The molecule has 1 unspecified atom stereocenters. The van der Waals surface area contributed by atoms with Gasteiger partial charge in [0.2, 0.25) is 5.82 Å². The van der Waals surface area contributed by atoms with Gasteiger partial charge in [0.25, 0.3) is 0 Å². The molecular formula is C13H17N3O3S. The fourth-order valence-electron chi connectivity index (χ4n) is 2.09. The van der Waals surface area contributed by atoms with Gasteiger partial charge in [-0.15, -0.1) is 11.8 Å². The number of allylic oxidation sites excluding steroid dienone is 2. The van der Waals surface area contributed by atoms with Crippen LogP contribution in [-0.4, -0.2) is 25.7 Å². The Morgan fingerprint density at radius 3 is 2.95 bits per heavy atom. The third kappa shape index (κ3) is 2.94. The van der Waals surface area contributed by atoms with Gasteiger partial charge in [-0.3, -0.25) is 0 Å². The van der Waals surface area contributed by atoms with Crippen LogP contribution < -0.4 is 0 Å². The Kier molecular flexibility index (Phi) is 4.29. The van der Waals surface area contributed by atoms with Gasteiger partial charge in [0.15, 0.2) is 0 Å². The summed E-state index contributed by atoms with van der Waals surface area (Å²) in [7, 11) is 1.62. The molecule has 1 heterocycles. The minimum atomic E-state index is -0.450. The molecule has 1 atom stereocenters. The van der Waals surface area contributed by atoms with Crippen molar-refractivity contribution in [2.75, 3.05) is 6.26 Å². The molecule has 0 aromatic carbocycles. The van der Waals surface area contributed by atoms with E-state index in [1.807, 2.05) is 18.4 Å². The Morgan fingerprint density at radius 2 is 2.40 bits per heavy atom. The predicted octanol–water partition coefficient (Wildman–Crippen LogP) is 2.81. The summed E-state index contributed by atoms with van der Waals surface area (Å²) >= 11 is 1.61. The van der Waals surface area contributed by atoms with E-state index in [0.717, 1.165) is 6.42 Å². The summed E-state index contributed by atoms with van der Waals surface area (Å²) in [5.74, 6) is 0.516. The van der Waals surface area contributed by atoms with Crippen molar-refractivity contribution >= 4 is 17.6 Å². The molecule has 0 N–H and O–H groups in total. The minimum absolute atomic E-state index is 0.0305. The SMILES string of the molecule is CSC1(OCc2ncc([N+](=O)[O-])n2C)C=CC=C(C)C1. The quantitative estimate of drug-likeness (QED) is 0.474. The first-order valence-corrected chi connectivity index (χ1v) is 7.39. The lowest BCUT2D eigenvalue weighted by Crippen LogP contribution is -2.28. The molecule has 20 heavy (non-hydrogen) atoms. The smallest absolute Gasteiger partial charge is 0.342 e. The Labute approximate surface area is 121 Å². The molecule has 0 saturated heterocycles. The van der Waals surface area contributed by atoms with Crippen LogP contribution in [0.25, 0.3) is 0 Å². The van der Waals surface area contributed by atoms with Crippen LogP contribution in [0, 0.1) is 10.1 Å². The average Bonchev–Trinajstić information content (AvgIpc) is 2.78. The second-order valence-corrected chi connectivity index (χ2v) is 5.80. The molecular weight excluding hydrogens is 278 g/mol. The van der Waals surface area contributed by atoms with Crippen molar-refractivity contribution < 1.29 is 9.66 Å². The van der Waals surface area contributed by atoms with E-state index in [9.17, 15) is 10.1 Å². The monoisotopic (exact) mass is 295 g/mol. The van der Waals surface area contributed by atoms with Crippen molar-refractivity contribution in [3.8, 4) is 0 Å². The van der Waals surface area contributed by atoms with Crippen molar-refractivity contribution in [2.45, 2.75) is 24.9 Å². The average molecular weight is 295 g/mol. The zero-order valence-electron chi connectivity index (χ0n) is 11.7. The summed E-state index contributed by atoms with van der Waals surface area (Å²) in [4.78, 5) is 14.0. The molecule has 0 spiro atoms. The number of ether oxygens (including phenoxy) is 1. The second-order valence-electron chi connectivity index (χ2n) is 4.70. The van der Waals surface area contributed by atoms with Gasteiger partial charge >= 0.3 is 5.82 Å². The van der Waals surface area contributed by atoms with Gasteiger partial charge in [-0.25, -0.2) is 9.55 Å². The summed E-state index contributed by atoms with van der Waals surface area (Å²) in [5.41, 5.74) is 1.24. The van der Waals surface area contributed by atoms with Crippen molar-refractivity contribution in [1.29, 1.82) is 0 Å². The highest BCUT2D eigenvalue weighted by atomic mass is 32.2. The highest BCUT2D eigenvalue weighted by Crippen LogP contribution is 2.36. The molecule has 1 aliphatic carbocycles. The maximum Gasteiger partial charge on any atom is 0.342 e. The number of nitro groups is 1. The highest BCUT2D eigenvalue weighted by Gasteiger charge is 2.30. The van der Waals surface area contributed by atoms with Gasteiger partial charge in [-0.05, 0) is 24.2 Å². The molecule has 108 valence electrons. The van der Waals surface area contributed by atoms with E-state index in [2.05, 4.69) is 18.0 Å². The Balaban J connectivity index is 2.10. The van der Waals surface area contributed by atoms with Gasteiger partial charge < -0.3 is 14.9 Å². The minimum Gasteiger partial charge on any atom is -0.358 e. The standard InChI is InChI=1S/C13H17N3O3S/c1-10-5-4-6-13(7-10,20-3)19-9-11-14-8-12(15(11)2)16(17)18/h4-6,8H,7,9H2,1-3H3. The molecule has 1 aliphatic rings. The van der Waals surface area contributed by atoms with Crippen molar-refractivity contribution in [3.63, 3.8) is 0 Å². The van der Waals surface area contributed by atoms with E-state index in [1.54, 1.807) is 18.8 Å². The number of nitrogens with zero attached hydrogens (tertiary/aromatic N) is 3. The fourth-order valence-corrected chi connectivity index (χ4v) is 2.86. The Morgan fingerprint density at radius 1 is 1.65 bits per heavy atom. The summed E-state index contributed by atoms with van der Waals surface area (Å²) in [6.45, 7) is 2.30. The molecule has 1 aromatic heterocycles. The summed E-state index contributed by atoms with van der Waals surface area (Å²) < 4.78 is 7.43. The van der Waals surface area contributed by atoms with E-state index in [-0.39, 0.29) is 12.4 Å². The van der Waals surface area contributed by atoms with Crippen LogP contribution in [0.2, 0.25) is 0 Å². The molecule has 1 aromatic rings. The Bertz CT molecular complexity index is 579. The topological polar surface area (TPSA) is 70.2 Å². The lowest BCUT2D eigenvalue weighted by atomic mass is 10.0. The number of hydrogen-bond acceptors (Lipinski definition) is 5. The van der Waals surface area contributed by atoms with Crippen molar-refractivity contribution in [3.05, 3.63) is 45.9 Å². The highest BCUT2D eigenvalue weighted by molar-refractivity contribution is 8.00. The second kappa shape index (κ2) is 5.80. The normalized spacial score (nSPS) is 21.9. The van der Waals surface area contributed by atoms with Gasteiger partial charge in [0.05, 0.1) is 7.05 Å². The first-order chi connectivity index (χ1) is 9.47. The molecule has 0 aliphatic heterocycles. The van der Waals surface area contributed by atoms with Crippen LogP contribution >= 0.6 is 11.8 Å². The summed E-state index contributed by atoms with van der Waals surface area (Å²) in [6, 6.07) is 0. The van der Waals surface area contributed by atoms with Crippen molar-refractivity contribution in [1.82, 2.24) is 9.55 Å². The van der Waals surface area contributed by atoms with Crippen LogP contribution in [0.1, 0.15) is 19.2 Å². The number of aromatic nitrogens is 2. The maximum atomic E-state index is 10.8. The van der Waals surface area contributed by atoms with E-state index in [4.69, 9.17) is 4.74 Å². The lowest BCUT2D eigenvalue weighted by Gasteiger charge is -2.30. The summed E-state index contributed by atoms with van der Waals surface area (Å²) in [5, 5.41) is 10.8. The fraction of sp³-hybridized carbons (Fsp3) is 0.462. The largest absolute Gasteiger partial charge is 0.358 e. The van der Waals surface area contributed by atoms with Crippen LogP contribution in [0.3, 0.4) is 0 Å². The first kappa shape index (κ1) is 14.8. The Hall–Kier alpha value is -1.60. The number of thioether (sulfide) groups is 1. The lowest BCUT2D eigenvalue weighted by molar-refractivity contribution is -0.391. The number of imidazole rings is 1. The first-order valence-electron chi connectivity index (χ1n) is 6.16. The summed E-state index contributed by atoms with van der Waals surface area (Å²) in [6.07, 6.45) is 10.1. The molecule has 0 amide bonds. The van der Waals surface area contributed by atoms with Crippen LogP contribution in [0.4, 0.5) is 5.82 Å². The van der Waals surface area contributed by atoms with E-state index in [1.165, 1.54) is 16.3 Å². The number of rotatable bonds is 5. The van der Waals surface area contributed by atoms with Crippen LogP contribution in [0.5, 0.6) is 0 Å². The van der Waals surface area contributed by atoms with Crippen LogP contribution in [-0.2, 0) is 18.4 Å². The van der Waals surface area contributed by atoms with E-state index < -0.39 is 9.86 Å². The number of hydrogen-bond donors (Lipinski definition) is 0. The molecule has 6 nitrogen and oxygen atoms in total. The zero-order valence-corrected chi connectivity index (χ0v) is 12.5. The van der Waals surface area contributed by atoms with Gasteiger partial charge in [0, 0.05) is 6.42 Å². The zero-order chi connectivity index (χ0) is 14.8. The molecule has 0 saturated carbocycles. The van der Waals surface area contributed by atoms with E-state index in [0.29, 0.717) is 5.82 Å². The molecule has 0 radical (unpaired) electrons. The molecule has 7 heteroatoms. The van der Waals surface area contributed by atoms with Crippen molar-refractivity contribution in [2.24, 2.45) is 7.05 Å².